The fourth-order valence-corrected chi connectivity index (χ4v) is 2.51. The van der Waals surface area contributed by atoms with E-state index in [-0.39, 0.29) is 0 Å². The number of hydrogen-bond donors (Lipinski definition) is 0. The van der Waals surface area contributed by atoms with Gasteiger partial charge in [0, 0.05) is 0 Å². The van der Waals surface area contributed by atoms with Gasteiger partial charge in [-0.15, -0.1) is 0 Å². The first-order valence-corrected chi connectivity index (χ1v) is 8.40. The minimum Gasteiger partial charge on any atom is -0.493 e. The smallest absolute Gasteiger partial charge is 0.161 e. The van der Waals surface area contributed by atoms with E-state index in [1.807, 2.05) is 50.2 Å². The van der Waals surface area contributed by atoms with Crippen molar-refractivity contribution in [3.05, 3.63) is 47.5 Å². The van der Waals surface area contributed by atoms with Crippen LogP contribution in [0.4, 0.5) is 0 Å². The van der Waals surface area contributed by atoms with Gasteiger partial charge >= 0.3 is 0 Å². The Balaban J connectivity index is 2.43. The minimum absolute atomic E-state index is 0.515. The third-order valence-electron chi connectivity index (χ3n) is 3.69. The molecule has 2 aromatic carbocycles. The molecule has 5 heteroatoms. The fraction of sp³-hybridized carbons (Fsp3) is 0.286. The normalized spacial score (nSPS) is 10.8. The molecule has 0 unspecified atom stereocenters. The first-order valence-electron chi connectivity index (χ1n) is 8.40. The largest absolute Gasteiger partial charge is 0.493 e. The van der Waals surface area contributed by atoms with Crippen molar-refractivity contribution in [1.29, 1.82) is 5.26 Å². The summed E-state index contributed by atoms with van der Waals surface area (Å²) in [6, 6.07) is 13.3. The highest BCUT2D eigenvalue weighted by atomic mass is 16.5. The zero-order valence-corrected chi connectivity index (χ0v) is 15.5. The van der Waals surface area contributed by atoms with Gasteiger partial charge in [-0.1, -0.05) is 6.07 Å². The van der Waals surface area contributed by atoms with Crippen LogP contribution in [0.25, 0.3) is 11.6 Å². The molecule has 0 fully saturated rings. The number of ether oxygens (including phenoxy) is 4. The summed E-state index contributed by atoms with van der Waals surface area (Å²) in [4.78, 5) is 0. The van der Waals surface area contributed by atoms with Gasteiger partial charge in [-0.05, 0) is 61.4 Å². The van der Waals surface area contributed by atoms with E-state index in [0.717, 1.165) is 11.1 Å². The van der Waals surface area contributed by atoms with Gasteiger partial charge in [0.2, 0.25) is 0 Å². The van der Waals surface area contributed by atoms with Crippen LogP contribution in [0, 0.1) is 11.3 Å². The Morgan fingerprint density at radius 2 is 1.54 bits per heavy atom. The standard InChI is InChI=1S/C21H23NO4/c1-5-25-19-10-8-16(13-21(19)26-6-2)17(14-22)11-15-7-9-18(23-3)20(12-15)24-4/h7-13H,5-6H2,1-4H3/b17-11+. The van der Waals surface area contributed by atoms with E-state index in [4.69, 9.17) is 18.9 Å². The van der Waals surface area contributed by atoms with Crippen molar-refractivity contribution in [3.8, 4) is 29.1 Å². The van der Waals surface area contributed by atoms with E-state index < -0.39 is 0 Å². The van der Waals surface area contributed by atoms with E-state index in [9.17, 15) is 5.26 Å². The first-order chi connectivity index (χ1) is 12.7. The molecule has 0 amide bonds. The second-order valence-electron chi connectivity index (χ2n) is 5.31. The van der Waals surface area contributed by atoms with Crippen LogP contribution in [0.15, 0.2) is 36.4 Å². The molecule has 26 heavy (non-hydrogen) atoms. The Morgan fingerprint density at radius 3 is 2.15 bits per heavy atom. The van der Waals surface area contributed by atoms with Gasteiger partial charge in [-0.25, -0.2) is 0 Å². The average molecular weight is 353 g/mol. The minimum atomic E-state index is 0.515. The molecule has 136 valence electrons. The Morgan fingerprint density at radius 1 is 0.885 bits per heavy atom. The highest BCUT2D eigenvalue weighted by molar-refractivity contribution is 5.90. The summed E-state index contributed by atoms with van der Waals surface area (Å²) in [6.45, 7) is 4.89. The summed E-state index contributed by atoms with van der Waals surface area (Å²) < 4.78 is 21.8. The molecule has 0 N–H and O–H groups in total. The van der Waals surface area contributed by atoms with Gasteiger partial charge in [0.05, 0.1) is 39.1 Å². The van der Waals surface area contributed by atoms with Crippen LogP contribution in [0.5, 0.6) is 23.0 Å². The summed E-state index contributed by atoms with van der Waals surface area (Å²) in [7, 11) is 3.17. The number of methoxy groups -OCH3 is 2. The summed E-state index contributed by atoms with van der Waals surface area (Å²) in [5.74, 6) is 2.55. The number of nitrogens with zero attached hydrogens (tertiary/aromatic N) is 1. The Hall–Kier alpha value is -3.13. The van der Waals surface area contributed by atoms with E-state index in [0.29, 0.717) is 41.8 Å². The second kappa shape index (κ2) is 9.38. The van der Waals surface area contributed by atoms with Crippen molar-refractivity contribution in [2.24, 2.45) is 0 Å². The van der Waals surface area contributed by atoms with Crippen LogP contribution >= 0.6 is 0 Å². The van der Waals surface area contributed by atoms with E-state index >= 15 is 0 Å². The lowest BCUT2D eigenvalue weighted by Crippen LogP contribution is -1.99. The SMILES string of the molecule is CCOc1ccc(/C(C#N)=C/c2ccc(OC)c(OC)c2)cc1OCC. The molecule has 0 heterocycles. The Labute approximate surface area is 154 Å². The maximum Gasteiger partial charge on any atom is 0.161 e. The zero-order valence-electron chi connectivity index (χ0n) is 15.5. The predicted molar refractivity (Wildman–Crippen MR) is 102 cm³/mol. The van der Waals surface area contributed by atoms with Crippen molar-refractivity contribution >= 4 is 11.6 Å². The molecule has 0 atom stereocenters. The number of nitriles is 1. The zero-order chi connectivity index (χ0) is 18.9. The Kier molecular flexibility index (Phi) is 6.92. The maximum atomic E-state index is 9.62. The third-order valence-corrected chi connectivity index (χ3v) is 3.69. The van der Waals surface area contributed by atoms with Gasteiger partial charge in [-0.3, -0.25) is 0 Å². The highest BCUT2D eigenvalue weighted by Gasteiger charge is 2.10. The van der Waals surface area contributed by atoms with Crippen LogP contribution < -0.4 is 18.9 Å². The van der Waals surface area contributed by atoms with Crippen LogP contribution in [0.1, 0.15) is 25.0 Å². The van der Waals surface area contributed by atoms with E-state index in [1.165, 1.54) is 0 Å². The number of allylic oxidation sites excluding steroid dienone is 1. The molecule has 0 aromatic heterocycles. The van der Waals surface area contributed by atoms with Crippen LogP contribution in [-0.2, 0) is 0 Å². The van der Waals surface area contributed by atoms with Crippen LogP contribution in [0.2, 0.25) is 0 Å². The van der Waals surface area contributed by atoms with Gasteiger partial charge in [-0.2, -0.15) is 5.26 Å². The number of benzene rings is 2. The van der Waals surface area contributed by atoms with Gasteiger partial charge in [0.1, 0.15) is 0 Å². The third kappa shape index (κ3) is 4.48. The van der Waals surface area contributed by atoms with Crippen LogP contribution in [0.3, 0.4) is 0 Å². The molecule has 0 aliphatic rings. The molecule has 0 saturated carbocycles. The molecule has 0 saturated heterocycles. The molecular formula is C21H23NO4. The molecule has 0 aliphatic carbocycles. The lowest BCUT2D eigenvalue weighted by atomic mass is 10.0. The lowest BCUT2D eigenvalue weighted by molar-refractivity contribution is 0.287. The number of hydrogen-bond acceptors (Lipinski definition) is 5. The quantitative estimate of drug-likeness (QED) is 0.514. The Bertz CT molecular complexity index is 821. The monoisotopic (exact) mass is 353 g/mol. The number of rotatable bonds is 8. The van der Waals surface area contributed by atoms with Crippen molar-refractivity contribution in [1.82, 2.24) is 0 Å². The first kappa shape index (κ1) is 19.2. The second-order valence-corrected chi connectivity index (χ2v) is 5.31. The molecular weight excluding hydrogens is 330 g/mol. The highest BCUT2D eigenvalue weighted by Crippen LogP contribution is 2.33. The maximum absolute atomic E-state index is 9.62. The fourth-order valence-electron chi connectivity index (χ4n) is 2.51. The van der Waals surface area contributed by atoms with Gasteiger partial charge < -0.3 is 18.9 Å². The van der Waals surface area contributed by atoms with Crippen molar-refractivity contribution in [3.63, 3.8) is 0 Å². The summed E-state index contributed by atoms with van der Waals surface area (Å²) >= 11 is 0. The predicted octanol–water partition coefficient (Wildman–Crippen LogP) is 4.57. The average Bonchev–Trinajstić information content (AvgIpc) is 2.67. The molecule has 0 aliphatic heterocycles. The molecule has 2 rings (SSSR count). The summed E-state index contributed by atoms with van der Waals surface area (Å²) in [5, 5.41) is 9.62. The molecule has 0 radical (unpaired) electrons. The van der Waals surface area contributed by atoms with E-state index in [2.05, 4.69) is 6.07 Å². The van der Waals surface area contributed by atoms with Crippen LogP contribution in [-0.4, -0.2) is 27.4 Å². The van der Waals surface area contributed by atoms with E-state index in [1.54, 1.807) is 20.3 Å². The molecule has 5 nitrogen and oxygen atoms in total. The lowest BCUT2D eigenvalue weighted by Gasteiger charge is -2.12. The molecule has 0 spiro atoms. The summed E-state index contributed by atoms with van der Waals surface area (Å²) in [6.07, 6.45) is 1.80. The van der Waals surface area contributed by atoms with Crippen molar-refractivity contribution < 1.29 is 18.9 Å². The molecule has 0 bridgehead atoms. The summed E-state index contributed by atoms with van der Waals surface area (Å²) in [5.41, 5.74) is 2.11. The van der Waals surface area contributed by atoms with Gasteiger partial charge in [0.25, 0.3) is 0 Å². The van der Waals surface area contributed by atoms with Crippen molar-refractivity contribution in [2.75, 3.05) is 27.4 Å². The molecule has 2 aromatic rings. The topological polar surface area (TPSA) is 60.7 Å². The van der Waals surface area contributed by atoms with Gasteiger partial charge in [0.15, 0.2) is 23.0 Å². The van der Waals surface area contributed by atoms with Crippen molar-refractivity contribution in [2.45, 2.75) is 13.8 Å².